The van der Waals surface area contributed by atoms with Gasteiger partial charge in [-0.25, -0.2) is 0 Å². The molecule has 0 bridgehead atoms. The van der Waals surface area contributed by atoms with E-state index in [1.165, 1.54) is 22.6 Å². The lowest BCUT2D eigenvalue weighted by molar-refractivity contribution is -0.122. The van der Waals surface area contributed by atoms with E-state index in [1.807, 2.05) is 12.1 Å². The number of hydrogen-bond donors (Lipinski definition) is 2. The molecule has 0 fully saturated rings. The third kappa shape index (κ3) is 4.03. The van der Waals surface area contributed by atoms with Gasteiger partial charge in [-0.2, -0.15) is 0 Å². The van der Waals surface area contributed by atoms with E-state index >= 15 is 0 Å². The van der Waals surface area contributed by atoms with Crippen LogP contribution in [0.25, 0.3) is 10.8 Å². The van der Waals surface area contributed by atoms with Crippen LogP contribution in [0.3, 0.4) is 0 Å². The molecule has 3 aromatic rings. The van der Waals surface area contributed by atoms with E-state index in [0.717, 1.165) is 12.8 Å². The first-order valence-corrected chi connectivity index (χ1v) is 8.17. The van der Waals surface area contributed by atoms with Gasteiger partial charge in [0.2, 0.25) is 5.91 Å². The lowest BCUT2D eigenvalue weighted by Crippen LogP contribution is -2.30. The SMILES string of the molecule is O=C(CCCc1ccc2ccccc2c1)NC(CO)c1ccco1. The molecule has 124 valence electrons. The lowest BCUT2D eigenvalue weighted by Gasteiger charge is -2.13. The number of aliphatic hydroxyl groups excluding tert-OH is 1. The van der Waals surface area contributed by atoms with Crippen LogP contribution in [0.15, 0.2) is 65.3 Å². The zero-order chi connectivity index (χ0) is 16.8. The van der Waals surface area contributed by atoms with E-state index in [4.69, 9.17) is 4.42 Å². The van der Waals surface area contributed by atoms with Gasteiger partial charge in [0, 0.05) is 6.42 Å². The molecule has 1 heterocycles. The molecule has 0 aliphatic carbocycles. The van der Waals surface area contributed by atoms with Crippen molar-refractivity contribution < 1.29 is 14.3 Å². The molecule has 2 N–H and O–H groups in total. The Kier molecular flexibility index (Phi) is 5.29. The molecule has 1 atom stereocenters. The number of aliphatic hydroxyl groups is 1. The van der Waals surface area contributed by atoms with Gasteiger partial charge < -0.3 is 14.8 Å². The quantitative estimate of drug-likeness (QED) is 0.698. The van der Waals surface area contributed by atoms with Gasteiger partial charge in [-0.05, 0) is 41.3 Å². The van der Waals surface area contributed by atoms with Crippen LogP contribution >= 0.6 is 0 Å². The standard InChI is InChI=1S/C20H21NO3/c22-14-18(19-8-4-12-24-19)21-20(23)9-3-5-15-10-11-16-6-1-2-7-17(16)13-15/h1-2,4,6-8,10-13,18,22H,3,5,9,14H2,(H,21,23). The van der Waals surface area contributed by atoms with E-state index in [-0.39, 0.29) is 12.5 Å². The molecule has 4 heteroatoms. The highest BCUT2D eigenvalue weighted by molar-refractivity contribution is 5.83. The summed E-state index contributed by atoms with van der Waals surface area (Å²) in [5, 5.41) is 14.6. The molecular weight excluding hydrogens is 302 g/mol. The van der Waals surface area contributed by atoms with Crippen LogP contribution in [0.4, 0.5) is 0 Å². The Hall–Kier alpha value is -2.59. The predicted molar refractivity (Wildman–Crippen MR) is 93.6 cm³/mol. The molecule has 0 aliphatic rings. The number of fused-ring (bicyclic) bond motifs is 1. The number of rotatable bonds is 7. The fraction of sp³-hybridized carbons (Fsp3) is 0.250. The Labute approximate surface area is 141 Å². The molecule has 0 saturated carbocycles. The van der Waals surface area contributed by atoms with Gasteiger partial charge in [0.05, 0.1) is 12.9 Å². The van der Waals surface area contributed by atoms with Gasteiger partial charge in [-0.15, -0.1) is 0 Å². The highest BCUT2D eigenvalue weighted by atomic mass is 16.3. The van der Waals surface area contributed by atoms with Crippen molar-refractivity contribution >= 4 is 16.7 Å². The first-order chi connectivity index (χ1) is 11.8. The number of carbonyl (C=O) groups excluding carboxylic acids is 1. The van der Waals surface area contributed by atoms with Crippen molar-refractivity contribution in [3.05, 3.63) is 72.2 Å². The molecule has 0 aliphatic heterocycles. The maximum atomic E-state index is 12.0. The minimum Gasteiger partial charge on any atom is -0.467 e. The van der Waals surface area contributed by atoms with Crippen molar-refractivity contribution in [2.24, 2.45) is 0 Å². The van der Waals surface area contributed by atoms with E-state index in [0.29, 0.717) is 12.2 Å². The summed E-state index contributed by atoms with van der Waals surface area (Å²) in [6.45, 7) is -0.177. The smallest absolute Gasteiger partial charge is 0.220 e. The highest BCUT2D eigenvalue weighted by Crippen LogP contribution is 2.17. The van der Waals surface area contributed by atoms with Crippen molar-refractivity contribution in [1.29, 1.82) is 0 Å². The van der Waals surface area contributed by atoms with Gasteiger partial charge >= 0.3 is 0 Å². The number of aryl methyl sites for hydroxylation is 1. The predicted octanol–water partition coefficient (Wildman–Crippen LogP) is 3.61. The summed E-state index contributed by atoms with van der Waals surface area (Å²) in [4.78, 5) is 12.0. The zero-order valence-electron chi connectivity index (χ0n) is 13.4. The summed E-state index contributed by atoms with van der Waals surface area (Å²) >= 11 is 0. The second kappa shape index (κ2) is 7.79. The summed E-state index contributed by atoms with van der Waals surface area (Å²) in [5.74, 6) is 0.492. The molecule has 1 aromatic heterocycles. The lowest BCUT2D eigenvalue weighted by atomic mass is 10.0. The number of carbonyl (C=O) groups is 1. The van der Waals surface area contributed by atoms with Gasteiger partial charge in [0.15, 0.2) is 0 Å². The van der Waals surface area contributed by atoms with Crippen molar-refractivity contribution in [3.63, 3.8) is 0 Å². The van der Waals surface area contributed by atoms with Crippen LogP contribution in [0.5, 0.6) is 0 Å². The minimum atomic E-state index is -0.479. The Bertz CT molecular complexity index is 796. The molecule has 1 amide bonds. The molecule has 24 heavy (non-hydrogen) atoms. The van der Waals surface area contributed by atoms with E-state index in [1.54, 1.807) is 12.1 Å². The van der Waals surface area contributed by atoms with E-state index < -0.39 is 6.04 Å². The zero-order valence-corrected chi connectivity index (χ0v) is 13.4. The monoisotopic (exact) mass is 323 g/mol. The summed E-state index contributed by atoms with van der Waals surface area (Å²) in [6, 6.07) is 17.7. The maximum Gasteiger partial charge on any atom is 0.220 e. The Morgan fingerprint density at radius 3 is 2.67 bits per heavy atom. The second-order valence-electron chi connectivity index (χ2n) is 5.85. The normalized spacial score (nSPS) is 12.2. The number of hydrogen-bond acceptors (Lipinski definition) is 3. The number of nitrogens with one attached hydrogen (secondary N) is 1. The average molecular weight is 323 g/mol. The first kappa shape index (κ1) is 16.3. The summed E-state index contributed by atoms with van der Waals surface area (Å²) in [5.41, 5.74) is 1.23. The second-order valence-corrected chi connectivity index (χ2v) is 5.85. The highest BCUT2D eigenvalue weighted by Gasteiger charge is 2.15. The summed E-state index contributed by atoms with van der Waals surface area (Å²) in [6.07, 6.45) is 3.57. The Morgan fingerprint density at radius 1 is 1.08 bits per heavy atom. The average Bonchev–Trinajstić information content (AvgIpc) is 3.14. The summed E-state index contributed by atoms with van der Waals surface area (Å²) in [7, 11) is 0. The molecular formula is C20H21NO3. The molecule has 0 spiro atoms. The molecule has 0 saturated heterocycles. The molecule has 3 rings (SSSR count). The maximum absolute atomic E-state index is 12.0. The van der Waals surface area contributed by atoms with Crippen LogP contribution in [0.2, 0.25) is 0 Å². The van der Waals surface area contributed by atoms with Gasteiger partial charge in [-0.3, -0.25) is 4.79 Å². The molecule has 2 aromatic carbocycles. The van der Waals surface area contributed by atoms with Crippen LogP contribution in [0.1, 0.15) is 30.2 Å². The van der Waals surface area contributed by atoms with Gasteiger partial charge in [0.25, 0.3) is 0 Å². The summed E-state index contributed by atoms with van der Waals surface area (Å²) < 4.78 is 5.23. The number of furan rings is 1. The third-order valence-electron chi connectivity index (χ3n) is 4.09. The fourth-order valence-electron chi connectivity index (χ4n) is 2.81. The van der Waals surface area contributed by atoms with E-state index in [2.05, 4.69) is 35.6 Å². The molecule has 4 nitrogen and oxygen atoms in total. The van der Waals surface area contributed by atoms with E-state index in [9.17, 15) is 9.90 Å². The minimum absolute atomic E-state index is 0.0776. The van der Waals surface area contributed by atoms with Gasteiger partial charge in [0.1, 0.15) is 11.8 Å². The van der Waals surface area contributed by atoms with Crippen LogP contribution < -0.4 is 5.32 Å². The van der Waals surface area contributed by atoms with Crippen molar-refractivity contribution in [3.8, 4) is 0 Å². The van der Waals surface area contributed by atoms with Crippen molar-refractivity contribution in [1.82, 2.24) is 5.32 Å². The number of benzene rings is 2. The topological polar surface area (TPSA) is 62.5 Å². The first-order valence-electron chi connectivity index (χ1n) is 8.17. The largest absolute Gasteiger partial charge is 0.467 e. The number of amides is 1. The van der Waals surface area contributed by atoms with Crippen LogP contribution in [0, 0.1) is 0 Å². The fourth-order valence-corrected chi connectivity index (χ4v) is 2.81. The van der Waals surface area contributed by atoms with Crippen LogP contribution in [-0.2, 0) is 11.2 Å². The third-order valence-corrected chi connectivity index (χ3v) is 4.09. The molecule has 0 radical (unpaired) electrons. The van der Waals surface area contributed by atoms with Crippen molar-refractivity contribution in [2.75, 3.05) is 6.61 Å². The Morgan fingerprint density at radius 2 is 1.92 bits per heavy atom. The molecule has 1 unspecified atom stereocenters. The van der Waals surface area contributed by atoms with Gasteiger partial charge in [-0.1, -0.05) is 42.5 Å². The van der Waals surface area contributed by atoms with Crippen molar-refractivity contribution in [2.45, 2.75) is 25.3 Å². The van der Waals surface area contributed by atoms with Crippen LogP contribution in [-0.4, -0.2) is 17.6 Å². The Balaban J connectivity index is 1.50.